The van der Waals surface area contributed by atoms with E-state index in [1.165, 1.54) is 5.56 Å². The molecule has 1 aromatic carbocycles. The molecule has 112 valence electrons. The summed E-state index contributed by atoms with van der Waals surface area (Å²) in [6.45, 7) is 6.54. The largest absolute Gasteiger partial charge is 0.237 e. The third-order valence-electron chi connectivity index (χ3n) is 4.22. The van der Waals surface area contributed by atoms with Crippen molar-refractivity contribution in [3.63, 3.8) is 0 Å². The summed E-state index contributed by atoms with van der Waals surface area (Å²) in [6.07, 6.45) is 3.91. The zero-order chi connectivity index (χ0) is 15.3. The van der Waals surface area contributed by atoms with E-state index < -0.39 is 0 Å². The van der Waals surface area contributed by atoms with Gasteiger partial charge < -0.3 is 0 Å². The molecule has 1 heterocycles. The molecule has 0 aliphatic rings. The Morgan fingerprint density at radius 1 is 1.00 bits per heavy atom. The summed E-state index contributed by atoms with van der Waals surface area (Å²) in [4.78, 5) is 9.38. The molecule has 0 N–H and O–H groups in total. The first kappa shape index (κ1) is 16.0. The number of hydrogen-bond acceptors (Lipinski definition) is 2. The Hall–Kier alpha value is -1.41. The van der Waals surface area contributed by atoms with Gasteiger partial charge in [-0.15, -0.1) is 0 Å². The molecule has 0 unspecified atom stereocenters. The Morgan fingerprint density at radius 3 is 2.24 bits per heavy atom. The zero-order valence-electron chi connectivity index (χ0n) is 13.1. The first-order valence-electron chi connectivity index (χ1n) is 7.75. The highest BCUT2D eigenvalue weighted by atomic mass is 35.5. The van der Waals surface area contributed by atoms with Crippen molar-refractivity contribution >= 4 is 11.6 Å². The van der Waals surface area contributed by atoms with E-state index in [0.29, 0.717) is 5.15 Å². The van der Waals surface area contributed by atoms with E-state index >= 15 is 0 Å². The maximum atomic E-state index is 6.24. The second-order valence-corrected chi connectivity index (χ2v) is 5.80. The van der Waals surface area contributed by atoms with Crippen LogP contribution in [-0.2, 0) is 11.8 Å². The second kappa shape index (κ2) is 7.04. The number of rotatable bonds is 6. The van der Waals surface area contributed by atoms with Gasteiger partial charge in [0.2, 0.25) is 0 Å². The van der Waals surface area contributed by atoms with Crippen molar-refractivity contribution in [2.75, 3.05) is 0 Å². The van der Waals surface area contributed by atoms with Crippen LogP contribution in [0.5, 0.6) is 0 Å². The highest BCUT2D eigenvalue weighted by Gasteiger charge is 2.34. The maximum Gasteiger partial charge on any atom is 0.140 e. The van der Waals surface area contributed by atoms with Crippen LogP contribution in [0.3, 0.4) is 0 Å². The van der Waals surface area contributed by atoms with Crippen LogP contribution in [0.4, 0.5) is 0 Å². The van der Waals surface area contributed by atoms with Crippen LogP contribution in [0.2, 0.25) is 5.15 Å². The van der Waals surface area contributed by atoms with Gasteiger partial charge in [-0.3, -0.25) is 0 Å². The summed E-state index contributed by atoms with van der Waals surface area (Å²) in [7, 11) is 0. The molecule has 0 saturated heterocycles. The monoisotopic (exact) mass is 302 g/mol. The number of aryl methyl sites for hydroxylation is 1. The van der Waals surface area contributed by atoms with Crippen molar-refractivity contribution < 1.29 is 0 Å². The molecule has 0 fully saturated rings. The lowest BCUT2D eigenvalue weighted by molar-refractivity contribution is 0.447. The van der Waals surface area contributed by atoms with E-state index in [1.54, 1.807) is 0 Å². The van der Waals surface area contributed by atoms with Crippen molar-refractivity contribution in [1.29, 1.82) is 0 Å². The normalized spacial score (nSPS) is 11.6. The molecule has 0 radical (unpaired) electrons. The van der Waals surface area contributed by atoms with Crippen molar-refractivity contribution in [2.24, 2.45) is 0 Å². The quantitative estimate of drug-likeness (QED) is 0.686. The molecule has 2 aromatic rings. The Bertz CT molecular complexity index is 577. The van der Waals surface area contributed by atoms with Crippen LogP contribution in [-0.4, -0.2) is 9.97 Å². The second-order valence-electron chi connectivity index (χ2n) is 5.41. The molecule has 3 heteroatoms. The zero-order valence-corrected chi connectivity index (χ0v) is 13.8. The highest BCUT2D eigenvalue weighted by Crippen LogP contribution is 2.37. The van der Waals surface area contributed by atoms with Crippen LogP contribution < -0.4 is 0 Å². The summed E-state index contributed by atoms with van der Waals surface area (Å²) < 4.78 is 0. The first-order valence-corrected chi connectivity index (χ1v) is 8.13. The van der Waals surface area contributed by atoms with Gasteiger partial charge in [0, 0.05) is 5.69 Å². The Kier molecular flexibility index (Phi) is 5.35. The number of halogens is 1. The van der Waals surface area contributed by atoms with Gasteiger partial charge in [-0.25, -0.2) is 9.97 Å². The van der Waals surface area contributed by atoms with Gasteiger partial charge in [0.25, 0.3) is 0 Å². The van der Waals surface area contributed by atoms with Gasteiger partial charge in [-0.05, 0) is 30.9 Å². The van der Waals surface area contributed by atoms with Gasteiger partial charge in [0.05, 0.1) is 5.41 Å². The van der Waals surface area contributed by atoms with E-state index in [-0.39, 0.29) is 5.41 Å². The van der Waals surface area contributed by atoms with Gasteiger partial charge in [0.15, 0.2) is 0 Å². The van der Waals surface area contributed by atoms with Crippen LogP contribution in [0.1, 0.15) is 57.1 Å². The standard InChI is InChI=1S/C18H23ClN2/c1-4-10-15-13-16(19)21-17(20-15)18(5-2,6-3)14-11-8-7-9-12-14/h7-9,11-13H,4-6,10H2,1-3H3. The van der Waals surface area contributed by atoms with Crippen molar-refractivity contribution in [1.82, 2.24) is 9.97 Å². The summed E-state index contributed by atoms with van der Waals surface area (Å²) in [5.41, 5.74) is 2.14. The number of aromatic nitrogens is 2. The van der Waals surface area contributed by atoms with Gasteiger partial charge in [-0.1, -0.05) is 69.1 Å². The first-order chi connectivity index (χ1) is 10.2. The predicted molar refractivity (Wildman–Crippen MR) is 88.8 cm³/mol. The fourth-order valence-electron chi connectivity index (χ4n) is 2.92. The molecule has 2 nitrogen and oxygen atoms in total. The van der Waals surface area contributed by atoms with Crippen LogP contribution >= 0.6 is 11.6 Å². The average Bonchev–Trinajstić information content (AvgIpc) is 2.50. The number of hydrogen-bond donors (Lipinski definition) is 0. The lowest BCUT2D eigenvalue weighted by atomic mass is 9.75. The van der Waals surface area contributed by atoms with Crippen LogP contribution in [0.15, 0.2) is 36.4 Å². The lowest BCUT2D eigenvalue weighted by Gasteiger charge is -2.31. The molecular formula is C18H23ClN2. The van der Waals surface area contributed by atoms with Crippen molar-refractivity contribution in [2.45, 2.75) is 51.9 Å². The third-order valence-corrected chi connectivity index (χ3v) is 4.41. The Balaban J connectivity index is 2.57. The minimum Gasteiger partial charge on any atom is -0.237 e. The van der Waals surface area contributed by atoms with E-state index in [2.05, 4.69) is 50.0 Å². The summed E-state index contributed by atoms with van der Waals surface area (Å²) in [6, 6.07) is 12.4. The molecule has 0 bridgehead atoms. The minimum atomic E-state index is -0.158. The SMILES string of the molecule is CCCc1cc(Cl)nc(C(CC)(CC)c2ccccc2)n1. The van der Waals surface area contributed by atoms with Gasteiger partial charge >= 0.3 is 0 Å². The van der Waals surface area contributed by atoms with Crippen molar-refractivity contribution in [3.05, 3.63) is 58.6 Å². The molecule has 0 atom stereocenters. The fraction of sp³-hybridized carbons (Fsp3) is 0.444. The molecule has 0 aliphatic carbocycles. The van der Waals surface area contributed by atoms with Gasteiger partial charge in [-0.2, -0.15) is 0 Å². The molecule has 0 aliphatic heterocycles. The number of benzene rings is 1. The molecule has 0 amide bonds. The van der Waals surface area contributed by atoms with Gasteiger partial charge in [0.1, 0.15) is 11.0 Å². The van der Waals surface area contributed by atoms with E-state index in [0.717, 1.165) is 37.2 Å². The summed E-state index contributed by atoms with van der Waals surface area (Å²) >= 11 is 6.24. The molecule has 0 saturated carbocycles. The molecule has 0 spiro atoms. The summed E-state index contributed by atoms with van der Waals surface area (Å²) in [5.74, 6) is 0.856. The molecule has 1 aromatic heterocycles. The van der Waals surface area contributed by atoms with Crippen LogP contribution in [0, 0.1) is 0 Å². The molecule has 21 heavy (non-hydrogen) atoms. The highest BCUT2D eigenvalue weighted by molar-refractivity contribution is 6.29. The van der Waals surface area contributed by atoms with E-state index in [9.17, 15) is 0 Å². The van der Waals surface area contributed by atoms with E-state index in [1.807, 2.05) is 12.1 Å². The lowest BCUT2D eigenvalue weighted by Crippen LogP contribution is -2.29. The predicted octanol–water partition coefficient (Wildman–Crippen LogP) is 5.19. The van der Waals surface area contributed by atoms with Crippen molar-refractivity contribution in [3.8, 4) is 0 Å². The van der Waals surface area contributed by atoms with Crippen LogP contribution in [0.25, 0.3) is 0 Å². The third kappa shape index (κ3) is 3.26. The summed E-state index contributed by atoms with van der Waals surface area (Å²) in [5, 5.41) is 0.547. The topological polar surface area (TPSA) is 25.8 Å². The maximum absolute atomic E-state index is 6.24. The fourth-order valence-corrected chi connectivity index (χ4v) is 3.13. The minimum absolute atomic E-state index is 0.158. The smallest absolute Gasteiger partial charge is 0.140 e. The average molecular weight is 303 g/mol. The number of nitrogens with zero attached hydrogens (tertiary/aromatic N) is 2. The Morgan fingerprint density at radius 2 is 1.67 bits per heavy atom. The molecule has 2 rings (SSSR count). The van der Waals surface area contributed by atoms with E-state index in [4.69, 9.17) is 16.6 Å². The molecular weight excluding hydrogens is 280 g/mol. The Labute approximate surface area is 132 Å².